The molecule has 11 heteroatoms. The van der Waals surface area contributed by atoms with Crippen molar-refractivity contribution in [3.8, 4) is 5.75 Å². The van der Waals surface area contributed by atoms with Gasteiger partial charge < -0.3 is 25.4 Å². The van der Waals surface area contributed by atoms with E-state index in [4.69, 9.17) is 4.74 Å². The third-order valence-corrected chi connectivity index (χ3v) is 8.63. The first-order chi connectivity index (χ1) is 18.4. The van der Waals surface area contributed by atoms with Crippen molar-refractivity contribution >= 4 is 38.9 Å². The first-order valence-corrected chi connectivity index (χ1v) is 15.0. The fourth-order valence-corrected chi connectivity index (χ4v) is 6.36. The molecule has 9 nitrogen and oxygen atoms in total. The lowest BCUT2D eigenvalue weighted by molar-refractivity contribution is -0.137. The van der Waals surface area contributed by atoms with Crippen LogP contribution in [0.3, 0.4) is 0 Å². The Balaban J connectivity index is 1.99. The van der Waals surface area contributed by atoms with E-state index in [0.717, 1.165) is 5.56 Å². The number of benzene rings is 2. The van der Waals surface area contributed by atoms with Crippen molar-refractivity contribution in [2.75, 3.05) is 40.7 Å². The van der Waals surface area contributed by atoms with E-state index in [1.165, 1.54) is 25.3 Å². The summed E-state index contributed by atoms with van der Waals surface area (Å²) in [5, 5.41) is 14.8. The van der Waals surface area contributed by atoms with E-state index in [1.54, 1.807) is 6.07 Å². The zero-order valence-corrected chi connectivity index (χ0v) is 23.7. The Hall–Kier alpha value is -3.34. The number of carbonyl (C=O) groups is 2. The topological polar surface area (TPSA) is 125 Å². The van der Waals surface area contributed by atoms with Gasteiger partial charge in [-0.25, -0.2) is 17.6 Å². The summed E-state index contributed by atoms with van der Waals surface area (Å²) in [6, 6.07) is 8.87. The van der Waals surface area contributed by atoms with E-state index in [9.17, 15) is 27.5 Å². The van der Waals surface area contributed by atoms with E-state index in [0.29, 0.717) is 42.9 Å². The Bertz CT molecular complexity index is 1270. The van der Waals surface area contributed by atoms with Gasteiger partial charge in [-0.1, -0.05) is 26.8 Å². The highest BCUT2D eigenvalue weighted by molar-refractivity contribution is 7.91. The number of amides is 2. The second-order valence-corrected chi connectivity index (χ2v) is 12.6. The molecule has 1 aliphatic heterocycles. The molecule has 1 atom stereocenters. The van der Waals surface area contributed by atoms with E-state index >= 15 is 0 Å². The number of carboxylic acid groups (broad SMARTS) is 1. The summed E-state index contributed by atoms with van der Waals surface area (Å²) in [6.45, 7) is 6.65. The van der Waals surface area contributed by atoms with Gasteiger partial charge in [0.05, 0.1) is 42.1 Å². The van der Waals surface area contributed by atoms with Crippen LogP contribution in [0.2, 0.25) is 0 Å². The zero-order chi connectivity index (χ0) is 28.7. The summed E-state index contributed by atoms with van der Waals surface area (Å²) in [5.41, 5.74) is 1.87. The Morgan fingerprint density at radius 2 is 1.77 bits per heavy atom. The predicted octanol–water partition coefficient (Wildman–Crippen LogP) is 5.49. The Labute approximate surface area is 229 Å². The van der Waals surface area contributed by atoms with Crippen LogP contribution in [-0.4, -0.2) is 56.7 Å². The number of nitrogens with zero attached hydrogens (tertiary/aromatic N) is 1. The number of anilines is 3. The van der Waals surface area contributed by atoms with Crippen molar-refractivity contribution in [3.63, 3.8) is 0 Å². The number of hydrogen-bond donors (Lipinski definition) is 3. The second-order valence-electron chi connectivity index (χ2n) is 10.3. The Morgan fingerprint density at radius 1 is 1.10 bits per heavy atom. The number of methoxy groups -OCH3 is 1. The number of carbonyl (C=O) groups excluding carboxylic acids is 1. The lowest BCUT2D eigenvalue weighted by Crippen LogP contribution is -2.43. The fraction of sp³-hybridized carbons (Fsp3) is 0.500. The van der Waals surface area contributed by atoms with Crippen molar-refractivity contribution in [2.24, 2.45) is 5.92 Å². The number of urea groups is 1. The van der Waals surface area contributed by atoms with Crippen LogP contribution in [-0.2, 0) is 14.6 Å². The number of hydrogen-bond acceptors (Lipinski definition) is 6. The minimum atomic E-state index is -3.07. The van der Waals surface area contributed by atoms with Gasteiger partial charge in [0, 0.05) is 18.7 Å². The van der Waals surface area contributed by atoms with E-state index < -0.39 is 27.7 Å². The predicted molar refractivity (Wildman–Crippen MR) is 151 cm³/mol. The third kappa shape index (κ3) is 8.32. The molecule has 39 heavy (non-hydrogen) atoms. The van der Waals surface area contributed by atoms with Gasteiger partial charge in [0.15, 0.2) is 0 Å². The average molecular weight is 564 g/mol. The van der Waals surface area contributed by atoms with Crippen LogP contribution in [0, 0.1) is 11.7 Å². The number of sulfone groups is 1. The van der Waals surface area contributed by atoms with Gasteiger partial charge >= 0.3 is 12.0 Å². The third-order valence-electron chi connectivity index (χ3n) is 6.91. The zero-order valence-electron chi connectivity index (χ0n) is 22.9. The van der Waals surface area contributed by atoms with E-state index in [-0.39, 0.29) is 41.5 Å². The quantitative estimate of drug-likeness (QED) is 0.330. The summed E-state index contributed by atoms with van der Waals surface area (Å²) < 4.78 is 43.7. The van der Waals surface area contributed by atoms with Gasteiger partial charge in [-0.3, -0.25) is 4.79 Å². The minimum Gasteiger partial charge on any atom is -0.497 e. The van der Waals surface area contributed by atoms with Crippen LogP contribution in [0.5, 0.6) is 5.75 Å². The normalized spacial score (nSPS) is 15.9. The van der Waals surface area contributed by atoms with Gasteiger partial charge in [-0.2, -0.15) is 0 Å². The second kappa shape index (κ2) is 13.1. The highest BCUT2D eigenvalue weighted by atomic mass is 32.2. The van der Waals surface area contributed by atoms with Gasteiger partial charge in [0.1, 0.15) is 21.4 Å². The molecule has 0 aliphatic carbocycles. The maximum Gasteiger partial charge on any atom is 0.323 e. The van der Waals surface area contributed by atoms with Crippen LogP contribution in [0.25, 0.3) is 0 Å². The SMILES string of the molecule is CCC(CC(=O)O)c1ccc(N(CC(C)C)C2CCS(=O)(=O)CC2)c(NC(=O)Nc2ccc(OC)cc2F)c1. The first kappa shape index (κ1) is 30.2. The fourth-order valence-electron chi connectivity index (χ4n) is 4.89. The molecule has 0 bridgehead atoms. The molecule has 3 rings (SSSR count). The maximum absolute atomic E-state index is 14.5. The number of rotatable bonds is 11. The molecule has 1 unspecified atom stereocenters. The van der Waals surface area contributed by atoms with Crippen LogP contribution in [0.4, 0.5) is 26.2 Å². The minimum absolute atomic E-state index is 0.0279. The lowest BCUT2D eigenvalue weighted by atomic mass is 9.92. The standard InChI is InChI=1S/C28H38FN3O6S/c1-5-19(15-27(33)34)20-6-9-26(32(17-18(2)3)21-10-12-39(36,37)13-11-21)25(14-20)31-28(35)30-24-8-7-22(38-4)16-23(24)29/h6-9,14,16,18-19,21H,5,10-13,15,17H2,1-4H3,(H,33,34)(H2,30,31,35). The molecule has 0 saturated carbocycles. The van der Waals surface area contributed by atoms with Crippen LogP contribution >= 0.6 is 0 Å². The summed E-state index contributed by atoms with van der Waals surface area (Å²) in [7, 11) is -1.65. The number of nitrogens with one attached hydrogen (secondary N) is 2. The molecule has 2 aromatic carbocycles. The van der Waals surface area contributed by atoms with Crippen LogP contribution in [0.1, 0.15) is 57.9 Å². The number of halogens is 1. The molecule has 214 valence electrons. The summed E-state index contributed by atoms with van der Waals surface area (Å²) in [5.74, 6) is -1.08. The monoisotopic (exact) mass is 563 g/mol. The molecule has 2 aromatic rings. The summed E-state index contributed by atoms with van der Waals surface area (Å²) >= 11 is 0. The molecular formula is C28H38FN3O6S. The maximum atomic E-state index is 14.5. The molecule has 1 fully saturated rings. The molecular weight excluding hydrogens is 525 g/mol. The molecule has 0 radical (unpaired) electrons. The molecule has 1 saturated heterocycles. The van der Waals surface area contributed by atoms with Crippen molar-refractivity contribution in [1.82, 2.24) is 0 Å². The van der Waals surface area contributed by atoms with Crippen molar-refractivity contribution in [1.29, 1.82) is 0 Å². The molecule has 0 aromatic heterocycles. The highest BCUT2D eigenvalue weighted by Crippen LogP contribution is 2.36. The molecule has 1 aliphatic rings. The van der Waals surface area contributed by atoms with Crippen LogP contribution in [0.15, 0.2) is 36.4 Å². The van der Waals surface area contributed by atoms with Gasteiger partial charge in [0.25, 0.3) is 0 Å². The highest BCUT2D eigenvalue weighted by Gasteiger charge is 2.30. The summed E-state index contributed by atoms with van der Waals surface area (Å²) in [6.07, 6.45) is 1.46. The number of ether oxygens (including phenoxy) is 1. The smallest absolute Gasteiger partial charge is 0.323 e. The molecule has 3 N–H and O–H groups in total. The van der Waals surface area contributed by atoms with Crippen molar-refractivity contribution < 1.29 is 32.2 Å². The number of carboxylic acids is 1. The van der Waals surface area contributed by atoms with Crippen LogP contribution < -0.4 is 20.3 Å². The van der Waals surface area contributed by atoms with Gasteiger partial charge in [-0.05, 0) is 60.9 Å². The van der Waals surface area contributed by atoms with Gasteiger partial charge in [0.2, 0.25) is 0 Å². The van der Waals surface area contributed by atoms with Crippen molar-refractivity contribution in [2.45, 2.75) is 58.4 Å². The summed E-state index contributed by atoms with van der Waals surface area (Å²) in [4.78, 5) is 26.7. The average Bonchev–Trinajstić information content (AvgIpc) is 2.87. The first-order valence-electron chi connectivity index (χ1n) is 13.2. The Kier molecular flexibility index (Phi) is 10.2. The van der Waals surface area contributed by atoms with Crippen molar-refractivity contribution in [3.05, 3.63) is 47.8 Å². The number of aliphatic carboxylic acids is 1. The van der Waals surface area contributed by atoms with Gasteiger partial charge in [-0.15, -0.1) is 0 Å². The molecule has 0 spiro atoms. The van der Waals surface area contributed by atoms with E-state index in [2.05, 4.69) is 29.4 Å². The molecule has 2 amide bonds. The molecule has 1 heterocycles. The lowest BCUT2D eigenvalue weighted by Gasteiger charge is -2.38. The largest absolute Gasteiger partial charge is 0.497 e. The van der Waals surface area contributed by atoms with E-state index in [1.807, 2.05) is 19.1 Å². The Morgan fingerprint density at radius 3 is 2.33 bits per heavy atom.